The third-order valence-corrected chi connectivity index (χ3v) is 14.5. The number of hydrogen-bond donors (Lipinski definition) is 2. The van der Waals surface area contributed by atoms with E-state index >= 15 is 4.39 Å². The number of ether oxygens (including phenoxy) is 1. The number of likely N-dealkylation sites (tertiary alicyclic amines) is 2. The first-order valence-electron chi connectivity index (χ1n) is 19.8. The van der Waals surface area contributed by atoms with Crippen LogP contribution >= 0.6 is 0 Å². The van der Waals surface area contributed by atoms with Crippen LogP contribution in [0.2, 0.25) is 0 Å². The van der Waals surface area contributed by atoms with E-state index < -0.39 is 21.8 Å². The Morgan fingerprint density at radius 2 is 1.65 bits per heavy atom. The smallest absolute Gasteiger partial charge is 0.407 e. The van der Waals surface area contributed by atoms with Crippen LogP contribution in [-0.4, -0.2) is 95.7 Å². The van der Waals surface area contributed by atoms with Gasteiger partial charge in [-0.25, -0.2) is 17.6 Å². The normalized spacial score (nSPS) is 23.5. The standard InChI is InChI=1S/C43H54FN5O5S/c1-3-41(50)45-35-10-5-11-38(27-35)55(52,53)37-16-14-36(15-17-37)49-25-18-31(29-49)28-47-23-19-32(20-24-47)43(30-48-21-7-22-48,33-8-4-9-34(44)26-33)39-12-6-13-40(39)46-42(51)54-2/h3-5,8-11,14-17,26-27,31-32,39-40H,1,6-7,12-13,18-25,28-30H2,2H3,(H,45,50)(H,46,51)/t31-,39-,40-,43?/m0/s1. The van der Waals surface area contributed by atoms with Crippen molar-refractivity contribution >= 4 is 33.2 Å². The van der Waals surface area contributed by atoms with Crippen LogP contribution in [0.4, 0.5) is 20.6 Å². The molecular formula is C43H54FN5O5S. The van der Waals surface area contributed by atoms with E-state index in [1.165, 1.54) is 31.7 Å². The number of alkyl carbamates (subject to hydrolysis) is 1. The zero-order valence-electron chi connectivity index (χ0n) is 31.8. The molecule has 3 heterocycles. The van der Waals surface area contributed by atoms with Crippen molar-refractivity contribution in [1.29, 1.82) is 0 Å². The van der Waals surface area contributed by atoms with Crippen molar-refractivity contribution in [3.8, 4) is 0 Å². The summed E-state index contributed by atoms with van der Waals surface area (Å²) in [5.74, 6) is 0.411. The van der Waals surface area contributed by atoms with E-state index in [0.717, 1.165) is 108 Å². The molecule has 0 bridgehead atoms. The van der Waals surface area contributed by atoms with Crippen LogP contribution in [0, 0.1) is 23.6 Å². The maximum Gasteiger partial charge on any atom is 0.407 e. The Kier molecular flexibility index (Phi) is 11.9. The number of nitrogens with one attached hydrogen (secondary N) is 2. The maximum atomic E-state index is 15.0. The first kappa shape index (κ1) is 39.0. The molecule has 3 aromatic rings. The number of carbonyl (C=O) groups excluding carboxylic acids is 2. The van der Waals surface area contributed by atoms with Gasteiger partial charge < -0.3 is 30.1 Å². The highest BCUT2D eigenvalue weighted by Gasteiger charge is 2.53. The molecule has 4 aliphatic rings. The summed E-state index contributed by atoms with van der Waals surface area (Å²) in [5, 5.41) is 5.81. The van der Waals surface area contributed by atoms with E-state index in [1.807, 2.05) is 18.2 Å². The van der Waals surface area contributed by atoms with E-state index in [1.54, 1.807) is 30.3 Å². The Morgan fingerprint density at radius 3 is 2.35 bits per heavy atom. The Hall–Kier alpha value is -4.26. The number of benzene rings is 3. The average molecular weight is 772 g/mol. The van der Waals surface area contributed by atoms with Gasteiger partial charge in [-0.3, -0.25) is 4.79 Å². The van der Waals surface area contributed by atoms with Crippen molar-refractivity contribution in [3.63, 3.8) is 0 Å². The van der Waals surface area contributed by atoms with Gasteiger partial charge >= 0.3 is 6.09 Å². The Balaban J connectivity index is 1.01. The molecule has 2 N–H and O–H groups in total. The van der Waals surface area contributed by atoms with Gasteiger partial charge in [-0.15, -0.1) is 0 Å². The SMILES string of the molecule is C=CC(=O)Nc1cccc(S(=O)(=O)c2ccc(N3CC[C@@H](CN4CCC(C(CN5CCC5)(c5cccc(F)c5)[C@H]5CCC[C@@H]5NC(=O)OC)CC4)C3)cc2)c1. The quantitative estimate of drug-likeness (QED) is 0.190. The van der Waals surface area contributed by atoms with Gasteiger partial charge in [-0.1, -0.05) is 31.2 Å². The molecule has 1 aliphatic carbocycles. The van der Waals surface area contributed by atoms with E-state index in [0.29, 0.717) is 17.5 Å². The second kappa shape index (κ2) is 16.9. The Labute approximate surface area is 325 Å². The van der Waals surface area contributed by atoms with Gasteiger partial charge in [0.05, 0.1) is 16.9 Å². The summed E-state index contributed by atoms with van der Waals surface area (Å²) in [6.07, 6.45) is 7.94. The number of rotatable bonds is 13. The van der Waals surface area contributed by atoms with Crippen molar-refractivity contribution < 1.29 is 27.1 Å². The number of halogens is 1. The Morgan fingerprint density at radius 1 is 0.891 bits per heavy atom. The number of sulfone groups is 1. The second-order valence-corrected chi connectivity index (χ2v) is 17.8. The van der Waals surface area contributed by atoms with Crippen molar-refractivity contribution in [1.82, 2.24) is 15.1 Å². The summed E-state index contributed by atoms with van der Waals surface area (Å²) >= 11 is 0. The highest BCUT2D eigenvalue weighted by molar-refractivity contribution is 7.91. The van der Waals surface area contributed by atoms with Gasteiger partial charge in [0, 0.05) is 49.0 Å². The molecule has 3 saturated heterocycles. The monoisotopic (exact) mass is 771 g/mol. The average Bonchev–Trinajstić information content (AvgIpc) is 3.85. The summed E-state index contributed by atoms with van der Waals surface area (Å²) < 4.78 is 47.0. The minimum absolute atomic E-state index is 0.0171. The zero-order chi connectivity index (χ0) is 38.6. The molecule has 1 saturated carbocycles. The largest absolute Gasteiger partial charge is 0.453 e. The highest BCUT2D eigenvalue weighted by atomic mass is 32.2. The molecule has 12 heteroatoms. The van der Waals surface area contributed by atoms with Crippen LogP contribution in [0.25, 0.3) is 0 Å². The zero-order valence-corrected chi connectivity index (χ0v) is 32.6. The molecule has 0 aromatic heterocycles. The summed E-state index contributed by atoms with van der Waals surface area (Å²) in [7, 11) is -2.36. The van der Waals surface area contributed by atoms with Crippen LogP contribution in [0.3, 0.4) is 0 Å². The molecule has 55 heavy (non-hydrogen) atoms. The lowest BCUT2D eigenvalue weighted by atomic mass is 9.57. The molecule has 1 unspecified atom stereocenters. The van der Waals surface area contributed by atoms with Crippen molar-refractivity contribution in [2.75, 3.05) is 69.7 Å². The lowest BCUT2D eigenvalue weighted by molar-refractivity contribution is -0.111. The fourth-order valence-corrected chi connectivity index (χ4v) is 11.2. The number of amides is 2. The van der Waals surface area contributed by atoms with Gasteiger partial charge in [0.1, 0.15) is 5.82 Å². The third kappa shape index (κ3) is 8.46. The van der Waals surface area contributed by atoms with E-state index in [9.17, 15) is 18.0 Å². The number of hydrogen-bond acceptors (Lipinski definition) is 8. The molecule has 4 atom stereocenters. The van der Waals surface area contributed by atoms with E-state index in [-0.39, 0.29) is 33.0 Å². The lowest BCUT2D eigenvalue weighted by Gasteiger charge is -2.53. The first-order chi connectivity index (χ1) is 26.6. The molecule has 3 aromatic carbocycles. The van der Waals surface area contributed by atoms with Crippen LogP contribution in [-0.2, 0) is 24.8 Å². The molecule has 2 amide bonds. The van der Waals surface area contributed by atoms with Crippen molar-refractivity contribution in [2.45, 2.75) is 66.2 Å². The molecule has 4 fully saturated rings. The number of anilines is 2. The fourth-order valence-electron chi connectivity index (χ4n) is 9.86. The molecular weight excluding hydrogens is 718 g/mol. The number of piperidine rings is 1. The van der Waals surface area contributed by atoms with Crippen LogP contribution in [0.15, 0.2) is 95.2 Å². The number of nitrogens with zero attached hydrogens (tertiary/aromatic N) is 3. The van der Waals surface area contributed by atoms with Gasteiger partial charge in [0.25, 0.3) is 0 Å². The number of methoxy groups -OCH3 is 1. The molecule has 0 spiro atoms. The van der Waals surface area contributed by atoms with E-state index in [4.69, 9.17) is 4.74 Å². The summed E-state index contributed by atoms with van der Waals surface area (Å²) in [6.45, 7) is 11.2. The van der Waals surface area contributed by atoms with Crippen LogP contribution in [0.1, 0.15) is 50.5 Å². The predicted molar refractivity (Wildman–Crippen MR) is 212 cm³/mol. The van der Waals surface area contributed by atoms with Gasteiger partial charge in [0.2, 0.25) is 15.7 Å². The summed E-state index contributed by atoms with van der Waals surface area (Å²) in [5.41, 5.74) is 2.18. The minimum Gasteiger partial charge on any atom is -0.453 e. The maximum absolute atomic E-state index is 15.0. The molecule has 10 nitrogen and oxygen atoms in total. The third-order valence-electron chi connectivity index (χ3n) is 12.7. The molecule has 7 rings (SSSR count). The fraction of sp³-hybridized carbons (Fsp3) is 0.488. The minimum atomic E-state index is -3.78. The van der Waals surface area contributed by atoms with Gasteiger partial charge in [-0.05, 0) is 149 Å². The number of carbonyl (C=O) groups is 2. The molecule has 0 radical (unpaired) electrons. The highest BCUT2D eigenvalue weighted by Crippen LogP contribution is 2.51. The van der Waals surface area contributed by atoms with Crippen LogP contribution < -0.4 is 15.5 Å². The van der Waals surface area contributed by atoms with Crippen LogP contribution in [0.5, 0.6) is 0 Å². The summed E-state index contributed by atoms with van der Waals surface area (Å²) in [4.78, 5) is 32.1. The topological polar surface area (TPSA) is 111 Å². The lowest BCUT2D eigenvalue weighted by Crippen LogP contribution is -2.59. The van der Waals surface area contributed by atoms with Crippen molar-refractivity contribution in [3.05, 3.63) is 96.8 Å². The molecule has 3 aliphatic heterocycles. The van der Waals surface area contributed by atoms with Crippen molar-refractivity contribution in [2.24, 2.45) is 17.8 Å². The van der Waals surface area contributed by atoms with Gasteiger partial charge in [-0.2, -0.15) is 0 Å². The Bertz CT molecular complexity index is 1950. The van der Waals surface area contributed by atoms with E-state index in [2.05, 4.69) is 38.0 Å². The second-order valence-electron chi connectivity index (χ2n) is 15.9. The first-order valence-corrected chi connectivity index (χ1v) is 21.3. The summed E-state index contributed by atoms with van der Waals surface area (Å²) in [6, 6.07) is 20.6. The molecule has 294 valence electrons. The predicted octanol–water partition coefficient (Wildman–Crippen LogP) is 6.49. The van der Waals surface area contributed by atoms with Gasteiger partial charge in [0.15, 0.2) is 0 Å².